The van der Waals surface area contributed by atoms with Crippen LogP contribution in [0.4, 0.5) is 0 Å². The van der Waals surface area contributed by atoms with Crippen LogP contribution in [0.2, 0.25) is 0 Å². The number of carbonyl (C=O) groups excluding carboxylic acids is 1. The molecule has 0 aromatic heterocycles. The van der Waals surface area contributed by atoms with Crippen LogP contribution in [0, 0.1) is 0 Å². The standard InChI is InChI=1S/C11H22N2O3/c1-13(8-10(12)11(14)15-2)7-9-5-3-4-6-16-9/h9-10H,3-8,12H2,1-2H3. The van der Waals surface area contributed by atoms with Gasteiger partial charge in [0, 0.05) is 19.7 Å². The van der Waals surface area contributed by atoms with E-state index in [1.54, 1.807) is 0 Å². The molecule has 1 aliphatic heterocycles. The van der Waals surface area contributed by atoms with E-state index in [0.717, 1.165) is 26.0 Å². The van der Waals surface area contributed by atoms with Crippen LogP contribution in [-0.2, 0) is 14.3 Å². The van der Waals surface area contributed by atoms with Crippen LogP contribution < -0.4 is 5.73 Å². The first-order chi connectivity index (χ1) is 7.63. The largest absolute Gasteiger partial charge is 0.468 e. The van der Waals surface area contributed by atoms with Crippen molar-refractivity contribution < 1.29 is 14.3 Å². The van der Waals surface area contributed by atoms with Gasteiger partial charge in [-0.2, -0.15) is 0 Å². The summed E-state index contributed by atoms with van der Waals surface area (Å²) in [4.78, 5) is 13.2. The molecular weight excluding hydrogens is 208 g/mol. The van der Waals surface area contributed by atoms with Crippen molar-refractivity contribution in [2.75, 3.05) is 33.9 Å². The zero-order valence-corrected chi connectivity index (χ0v) is 10.1. The summed E-state index contributed by atoms with van der Waals surface area (Å²) in [7, 11) is 3.30. The minimum atomic E-state index is -0.571. The summed E-state index contributed by atoms with van der Waals surface area (Å²) in [5.74, 6) is -0.364. The van der Waals surface area contributed by atoms with Crippen LogP contribution in [0.25, 0.3) is 0 Å². The van der Waals surface area contributed by atoms with Gasteiger partial charge in [-0.3, -0.25) is 4.79 Å². The zero-order valence-electron chi connectivity index (χ0n) is 10.1. The molecule has 1 heterocycles. The number of ether oxygens (including phenoxy) is 2. The highest BCUT2D eigenvalue weighted by atomic mass is 16.5. The molecule has 1 fully saturated rings. The highest BCUT2D eigenvalue weighted by molar-refractivity contribution is 5.75. The van der Waals surface area contributed by atoms with Crippen LogP contribution in [0.3, 0.4) is 0 Å². The van der Waals surface area contributed by atoms with E-state index in [9.17, 15) is 4.79 Å². The minimum Gasteiger partial charge on any atom is -0.468 e. The van der Waals surface area contributed by atoms with Gasteiger partial charge in [-0.1, -0.05) is 0 Å². The molecule has 5 nitrogen and oxygen atoms in total. The van der Waals surface area contributed by atoms with E-state index in [2.05, 4.69) is 4.74 Å². The summed E-state index contributed by atoms with van der Waals surface area (Å²) in [5, 5.41) is 0. The van der Waals surface area contributed by atoms with Crippen molar-refractivity contribution in [1.82, 2.24) is 4.90 Å². The smallest absolute Gasteiger partial charge is 0.323 e. The van der Waals surface area contributed by atoms with Crippen molar-refractivity contribution in [3.8, 4) is 0 Å². The van der Waals surface area contributed by atoms with Crippen LogP contribution in [-0.4, -0.2) is 56.9 Å². The van der Waals surface area contributed by atoms with Crippen molar-refractivity contribution in [3.05, 3.63) is 0 Å². The predicted octanol–water partition coefficient (Wildman–Crippen LogP) is -0.0124. The molecule has 0 amide bonds. The van der Waals surface area contributed by atoms with Crippen LogP contribution in [0.1, 0.15) is 19.3 Å². The third-order valence-corrected chi connectivity index (χ3v) is 2.80. The van der Waals surface area contributed by atoms with Gasteiger partial charge in [0.05, 0.1) is 13.2 Å². The maximum atomic E-state index is 11.1. The highest BCUT2D eigenvalue weighted by Crippen LogP contribution is 2.13. The molecule has 0 aliphatic carbocycles. The molecule has 2 atom stereocenters. The molecule has 1 saturated heterocycles. The SMILES string of the molecule is COC(=O)C(N)CN(C)CC1CCCCO1. The Kier molecular flexibility index (Phi) is 5.73. The van der Waals surface area contributed by atoms with Gasteiger partial charge in [0.2, 0.25) is 0 Å². The monoisotopic (exact) mass is 230 g/mol. The minimum absolute atomic E-state index is 0.281. The summed E-state index contributed by atoms with van der Waals surface area (Å²) >= 11 is 0. The molecular formula is C11H22N2O3. The lowest BCUT2D eigenvalue weighted by Gasteiger charge is -2.28. The lowest BCUT2D eigenvalue weighted by Crippen LogP contribution is -2.44. The average Bonchev–Trinajstić information content (AvgIpc) is 2.29. The Morgan fingerprint density at radius 2 is 2.38 bits per heavy atom. The zero-order chi connectivity index (χ0) is 12.0. The Hall–Kier alpha value is -0.650. The molecule has 1 rings (SSSR count). The van der Waals surface area contributed by atoms with E-state index in [-0.39, 0.29) is 12.1 Å². The number of esters is 1. The maximum Gasteiger partial charge on any atom is 0.323 e. The number of carbonyl (C=O) groups is 1. The summed E-state index contributed by atoms with van der Waals surface area (Å²) in [5.41, 5.74) is 5.68. The molecule has 16 heavy (non-hydrogen) atoms. The van der Waals surface area contributed by atoms with Crippen molar-refractivity contribution in [1.29, 1.82) is 0 Å². The first kappa shape index (κ1) is 13.4. The highest BCUT2D eigenvalue weighted by Gasteiger charge is 2.20. The molecule has 2 unspecified atom stereocenters. The van der Waals surface area contributed by atoms with E-state index in [0.29, 0.717) is 6.54 Å². The van der Waals surface area contributed by atoms with E-state index >= 15 is 0 Å². The fourth-order valence-electron chi connectivity index (χ4n) is 1.94. The lowest BCUT2D eigenvalue weighted by atomic mass is 10.1. The second kappa shape index (κ2) is 6.83. The molecule has 5 heteroatoms. The third-order valence-electron chi connectivity index (χ3n) is 2.80. The van der Waals surface area contributed by atoms with Crippen molar-refractivity contribution in [3.63, 3.8) is 0 Å². The van der Waals surface area contributed by atoms with Crippen LogP contribution in [0.5, 0.6) is 0 Å². The number of rotatable bonds is 5. The van der Waals surface area contributed by atoms with Gasteiger partial charge < -0.3 is 20.1 Å². The van der Waals surface area contributed by atoms with Crippen molar-refractivity contribution >= 4 is 5.97 Å². The van der Waals surface area contributed by atoms with Gasteiger partial charge in [-0.05, 0) is 26.3 Å². The summed E-state index contributed by atoms with van der Waals surface area (Å²) in [6, 6.07) is -0.571. The number of hydrogen-bond acceptors (Lipinski definition) is 5. The molecule has 0 aromatic carbocycles. The molecule has 0 radical (unpaired) electrons. The van der Waals surface area contributed by atoms with Gasteiger partial charge in [0.15, 0.2) is 0 Å². The lowest BCUT2D eigenvalue weighted by molar-refractivity contribution is -0.142. The quantitative estimate of drug-likeness (QED) is 0.673. The van der Waals surface area contributed by atoms with Crippen LogP contribution in [0.15, 0.2) is 0 Å². The van der Waals surface area contributed by atoms with E-state index in [1.807, 2.05) is 11.9 Å². The fraction of sp³-hybridized carbons (Fsp3) is 0.909. The molecule has 2 N–H and O–H groups in total. The number of nitrogens with two attached hydrogens (primary N) is 1. The first-order valence-corrected chi connectivity index (χ1v) is 5.77. The van der Waals surface area contributed by atoms with Gasteiger partial charge >= 0.3 is 5.97 Å². The Labute approximate surface area is 96.9 Å². The number of nitrogens with zero attached hydrogens (tertiary/aromatic N) is 1. The summed E-state index contributed by atoms with van der Waals surface area (Å²) < 4.78 is 10.2. The maximum absolute atomic E-state index is 11.1. The Morgan fingerprint density at radius 1 is 1.62 bits per heavy atom. The number of likely N-dealkylation sites (N-methyl/N-ethyl adjacent to an activating group) is 1. The Bertz CT molecular complexity index is 217. The topological polar surface area (TPSA) is 64.8 Å². The van der Waals surface area contributed by atoms with E-state index in [1.165, 1.54) is 13.5 Å². The van der Waals surface area contributed by atoms with Crippen LogP contribution >= 0.6 is 0 Å². The van der Waals surface area contributed by atoms with Crippen molar-refractivity contribution in [2.24, 2.45) is 5.73 Å². The summed E-state index contributed by atoms with van der Waals surface area (Å²) in [6.45, 7) is 2.18. The molecule has 0 aromatic rings. The molecule has 94 valence electrons. The van der Waals surface area contributed by atoms with Gasteiger partial charge in [-0.15, -0.1) is 0 Å². The molecule has 0 spiro atoms. The molecule has 1 aliphatic rings. The first-order valence-electron chi connectivity index (χ1n) is 5.77. The van der Waals surface area contributed by atoms with E-state index < -0.39 is 6.04 Å². The second-order valence-electron chi connectivity index (χ2n) is 4.34. The number of methoxy groups -OCH3 is 1. The third kappa shape index (κ3) is 4.47. The van der Waals surface area contributed by atoms with Crippen molar-refractivity contribution in [2.45, 2.75) is 31.4 Å². The average molecular weight is 230 g/mol. The van der Waals surface area contributed by atoms with Gasteiger partial charge in [0.1, 0.15) is 6.04 Å². The molecule has 0 saturated carbocycles. The molecule has 0 bridgehead atoms. The Balaban J connectivity index is 2.23. The van der Waals surface area contributed by atoms with Gasteiger partial charge in [-0.25, -0.2) is 0 Å². The Morgan fingerprint density at radius 3 is 2.94 bits per heavy atom. The number of hydrogen-bond donors (Lipinski definition) is 1. The normalized spacial score (nSPS) is 23.1. The van der Waals surface area contributed by atoms with E-state index in [4.69, 9.17) is 10.5 Å². The van der Waals surface area contributed by atoms with Gasteiger partial charge in [0.25, 0.3) is 0 Å². The second-order valence-corrected chi connectivity index (χ2v) is 4.34. The summed E-state index contributed by atoms with van der Waals surface area (Å²) in [6.07, 6.45) is 3.75. The fourth-order valence-corrected chi connectivity index (χ4v) is 1.94. The predicted molar refractivity (Wildman–Crippen MR) is 61.1 cm³/mol.